The van der Waals surface area contributed by atoms with Gasteiger partial charge in [0.2, 0.25) is 0 Å². The highest BCUT2D eigenvalue weighted by molar-refractivity contribution is 5.94. The van der Waals surface area contributed by atoms with E-state index >= 15 is 0 Å². The molecule has 0 radical (unpaired) electrons. The number of rotatable bonds is 3. The first-order valence-electron chi connectivity index (χ1n) is 6.86. The van der Waals surface area contributed by atoms with Gasteiger partial charge in [-0.2, -0.15) is 0 Å². The Kier molecular flexibility index (Phi) is 3.86. The van der Waals surface area contributed by atoms with Crippen LogP contribution in [0.25, 0.3) is 16.8 Å². The summed E-state index contributed by atoms with van der Waals surface area (Å²) in [5.41, 5.74) is 4.31. The summed E-state index contributed by atoms with van der Waals surface area (Å²) < 4.78 is 0. The fraction of sp³-hybridized carbons (Fsp3) is 0.333. The Bertz CT molecular complexity index is 574. The zero-order valence-corrected chi connectivity index (χ0v) is 11.8. The normalized spacial score (nSPS) is 11.8. The number of fused-ring (bicyclic) bond motifs is 1. The van der Waals surface area contributed by atoms with Gasteiger partial charge in [-0.25, -0.2) is 0 Å². The molecule has 0 amide bonds. The summed E-state index contributed by atoms with van der Waals surface area (Å²) in [5.74, 6) is 0.569. The minimum absolute atomic E-state index is 0.569. The molecule has 0 fully saturated rings. The average Bonchev–Trinajstić information content (AvgIpc) is 2.39. The van der Waals surface area contributed by atoms with Crippen molar-refractivity contribution in [1.29, 1.82) is 0 Å². The van der Waals surface area contributed by atoms with E-state index in [0.29, 0.717) is 5.92 Å². The second-order valence-electron chi connectivity index (χ2n) is 5.09. The number of hydrogen-bond donors (Lipinski definition) is 0. The first kappa shape index (κ1) is 12.9. The van der Waals surface area contributed by atoms with E-state index in [4.69, 9.17) is 0 Å². The average molecular weight is 238 g/mol. The molecule has 0 atom stereocenters. The molecule has 0 N–H and O–H groups in total. The van der Waals surface area contributed by atoms with Gasteiger partial charge in [-0.05, 0) is 46.7 Å². The molecule has 18 heavy (non-hydrogen) atoms. The number of benzene rings is 2. The summed E-state index contributed by atoms with van der Waals surface area (Å²) in [6.45, 7) is 8.87. The third kappa shape index (κ3) is 2.20. The molecule has 94 valence electrons. The van der Waals surface area contributed by atoms with E-state index < -0.39 is 0 Å². The molecule has 0 saturated carbocycles. The van der Waals surface area contributed by atoms with Crippen LogP contribution in [0, 0.1) is 0 Å². The van der Waals surface area contributed by atoms with E-state index in [0.717, 1.165) is 6.42 Å². The van der Waals surface area contributed by atoms with Gasteiger partial charge in [-0.3, -0.25) is 0 Å². The highest BCUT2D eigenvalue weighted by Gasteiger charge is 2.11. The Balaban J connectivity index is 2.87. The van der Waals surface area contributed by atoms with Gasteiger partial charge in [0.1, 0.15) is 0 Å². The Labute approximate surface area is 110 Å². The molecule has 0 aromatic heterocycles. The fourth-order valence-corrected chi connectivity index (χ4v) is 2.62. The van der Waals surface area contributed by atoms with E-state index in [9.17, 15) is 0 Å². The highest BCUT2D eigenvalue weighted by atomic mass is 14.1. The zero-order chi connectivity index (χ0) is 13.1. The lowest BCUT2D eigenvalue weighted by Gasteiger charge is -2.16. The molecule has 0 heteroatoms. The van der Waals surface area contributed by atoms with Gasteiger partial charge < -0.3 is 0 Å². The quantitative estimate of drug-likeness (QED) is 0.656. The minimum atomic E-state index is 0.569. The lowest BCUT2D eigenvalue weighted by Crippen LogP contribution is -1.96. The molecule has 0 nitrogen and oxygen atoms in total. The SMILES string of the molecule is C/C=C\c1c(CC)cc(C(C)C)c2ccccc12. The molecule has 2 aromatic carbocycles. The summed E-state index contributed by atoms with van der Waals surface area (Å²) in [7, 11) is 0. The van der Waals surface area contributed by atoms with Gasteiger partial charge in [0.25, 0.3) is 0 Å². The predicted molar refractivity (Wildman–Crippen MR) is 82.1 cm³/mol. The summed E-state index contributed by atoms with van der Waals surface area (Å²) in [6.07, 6.45) is 5.46. The maximum absolute atomic E-state index is 2.39. The molecule has 0 heterocycles. The minimum Gasteiger partial charge on any atom is -0.0870 e. The van der Waals surface area contributed by atoms with Crippen LogP contribution in [0.3, 0.4) is 0 Å². The second kappa shape index (κ2) is 5.39. The van der Waals surface area contributed by atoms with Crippen molar-refractivity contribution < 1.29 is 0 Å². The third-order valence-electron chi connectivity index (χ3n) is 3.54. The van der Waals surface area contributed by atoms with Crippen molar-refractivity contribution in [3.63, 3.8) is 0 Å². The van der Waals surface area contributed by atoms with Crippen molar-refractivity contribution in [3.05, 3.63) is 53.1 Å². The van der Waals surface area contributed by atoms with Gasteiger partial charge in [-0.1, -0.05) is 63.3 Å². The molecule has 2 rings (SSSR count). The Hall–Kier alpha value is -1.56. The lowest BCUT2D eigenvalue weighted by atomic mass is 9.89. The van der Waals surface area contributed by atoms with Crippen LogP contribution in [0.4, 0.5) is 0 Å². The molecule has 0 saturated heterocycles. The van der Waals surface area contributed by atoms with Crippen LogP contribution >= 0.6 is 0 Å². The predicted octanol–water partition coefficient (Wildman–Crippen LogP) is 5.56. The van der Waals surface area contributed by atoms with Gasteiger partial charge >= 0.3 is 0 Å². The first-order valence-corrected chi connectivity index (χ1v) is 6.86. The molecule has 0 bridgehead atoms. The Morgan fingerprint density at radius 1 is 1.11 bits per heavy atom. The Morgan fingerprint density at radius 2 is 1.78 bits per heavy atom. The van der Waals surface area contributed by atoms with Crippen molar-refractivity contribution in [2.45, 2.75) is 40.0 Å². The summed E-state index contributed by atoms with van der Waals surface area (Å²) >= 11 is 0. The lowest BCUT2D eigenvalue weighted by molar-refractivity contribution is 0.872. The van der Waals surface area contributed by atoms with E-state index in [2.05, 4.69) is 70.2 Å². The van der Waals surface area contributed by atoms with E-state index in [1.165, 1.54) is 27.5 Å². The zero-order valence-electron chi connectivity index (χ0n) is 11.8. The van der Waals surface area contributed by atoms with Gasteiger partial charge in [0.05, 0.1) is 0 Å². The smallest absolute Gasteiger partial charge is 0.0106 e. The van der Waals surface area contributed by atoms with Crippen molar-refractivity contribution in [2.24, 2.45) is 0 Å². The van der Waals surface area contributed by atoms with Crippen molar-refractivity contribution in [2.75, 3.05) is 0 Å². The number of aryl methyl sites for hydroxylation is 1. The van der Waals surface area contributed by atoms with Gasteiger partial charge in [0.15, 0.2) is 0 Å². The van der Waals surface area contributed by atoms with Crippen LogP contribution in [0.2, 0.25) is 0 Å². The number of allylic oxidation sites excluding steroid dienone is 1. The Morgan fingerprint density at radius 3 is 2.33 bits per heavy atom. The maximum Gasteiger partial charge on any atom is -0.0106 e. The van der Waals surface area contributed by atoms with Crippen LogP contribution in [0.5, 0.6) is 0 Å². The van der Waals surface area contributed by atoms with Crippen LogP contribution in [0.15, 0.2) is 36.4 Å². The van der Waals surface area contributed by atoms with E-state index in [1.54, 1.807) is 0 Å². The molecule has 0 aliphatic carbocycles. The highest BCUT2D eigenvalue weighted by Crippen LogP contribution is 2.31. The van der Waals surface area contributed by atoms with E-state index in [1.807, 2.05) is 0 Å². The topological polar surface area (TPSA) is 0 Å². The van der Waals surface area contributed by atoms with Crippen LogP contribution in [0.1, 0.15) is 50.3 Å². The maximum atomic E-state index is 2.39. The van der Waals surface area contributed by atoms with Crippen molar-refractivity contribution in [3.8, 4) is 0 Å². The van der Waals surface area contributed by atoms with Gasteiger partial charge in [0, 0.05) is 0 Å². The molecule has 0 aliphatic rings. The monoisotopic (exact) mass is 238 g/mol. The summed E-state index contributed by atoms with van der Waals surface area (Å²) in [6, 6.07) is 11.2. The van der Waals surface area contributed by atoms with Crippen LogP contribution in [-0.4, -0.2) is 0 Å². The largest absolute Gasteiger partial charge is 0.0870 e. The van der Waals surface area contributed by atoms with Gasteiger partial charge in [-0.15, -0.1) is 0 Å². The van der Waals surface area contributed by atoms with Crippen molar-refractivity contribution >= 4 is 16.8 Å². The molecular formula is C18H22. The third-order valence-corrected chi connectivity index (χ3v) is 3.54. The fourth-order valence-electron chi connectivity index (χ4n) is 2.62. The summed E-state index contributed by atoms with van der Waals surface area (Å²) in [4.78, 5) is 0. The number of hydrogen-bond acceptors (Lipinski definition) is 0. The van der Waals surface area contributed by atoms with E-state index in [-0.39, 0.29) is 0 Å². The molecule has 2 aromatic rings. The first-order chi connectivity index (χ1) is 8.69. The van der Waals surface area contributed by atoms with Crippen LogP contribution < -0.4 is 0 Å². The molecule has 0 aliphatic heterocycles. The molecule has 0 unspecified atom stereocenters. The molecular weight excluding hydrogens is 216 g/mol. The standard InChI is InChI=1S/C18H22/c1-5-9-15-14(6-2)12-18(13(3)4)17-11-8-7-10-16(15)17/h5,7-13H,6H2,1-4H3/b9-5-. The molecule has 0 spiro atoms. The second-order valence-corrected chi connectivity index (χ2v) is 5.09. The van der Waals surface area contributed by atoms with Crippen LogP contribution in [-0.2, 0) is 6.42 Å². The summed E-state index contributed by atoms with van der Waals surface area (Å²) in [5, 5.41) is 2.79. The van der Waals surface area contributed by atoms with Crippen molar-refractivity contribution in [1.82, 2.24) is 0 Å².